The van der Waals surface area contributed by atoms with Crippen LogP contribution in [0.25, 0.3) is 0 Å². The number of aliphatic carboxylic acids is 1. The van der Waals surface area contributed by atoms with Crippen molar-refractivity contribution in [3.8, 4) is 0 Å². The van der Waals surface area contributed by atoms with E-state index in [4.69, 9.17) is 5.11 Å². The summed E-state index contributed by atoms with van der Waals surface area (Å²) >= 11 is 0. The third kappa shape index (κ3) is 1.59. The summed E-state index contributed by atoms with van der Waals surface area (Å²) in [6.45, 7) is 0. The summed E-state index contributed by atoms with van der Waals surface area (Å²) in [6.07, 6.45) is 13.7. The Bertz CT molecular complexity index is 418. The number of allylic oxidation sites excluding steroid dienone is 8. The van der Waals surface area contributed by atoms with Gasteiger partial charge in [0.1, 0.15) is 0 Å². The second-order valence-corrected chi connectivity index (χ2v) is 3.24. The van der Waals surface area contributed by atoms with Gasteiger partial charge in [-0.25, -0.2) is 4.79 Å². The van der Waals surface area contributed by atoms with Gasteiger partial charge in [-0.15, -0.1) is 0 Å². The van der Waals surface area contributed by atoms with E-state index in [0.29, 0.717) is 12.0 Å². The number of rotatable bonds is 1. The van der Waals surface area contributed by atoms with Crippen molar-refractivity contribution >= 4 is 5.97 Å². The second-order valence-electron chi connectivity index (χ2n) is 3.24. The Morgan fingerprint density at radius 2 is 1.93 bits per heavy atom. The van der Waals surface area contributed by atoms with Crippen molar-refractivity contribution in [3.63, 3.8) is 0 Å². The first-order valence-electron chi connectivity index (χ1n) is 4.46. The van der Waals surface area contributed by atoms with E-state index in [1.165, 1.54) is 0 Å². The van der Waals surface area contributed by atoms with E-state index in [2.05, 4.69) is 0 Å². The smallest absolute Gasteiger partial charge is 0.335 e. The molecule has 1 N–H and O–H groups in total. The molecule has 0 radical (unpaired) electrons. The molecule has 0 aliphatic heterocycles. The minimum atomic E-state index is -0.863. The summed E-state index contributed by atoms with van der Waals surface area (Å²) in [4.78, 5) is 10.9. The first kappa shape index (κ1) is 8.75. The minimum absolute atomic E-state index is 0.385. The highest BCUT2D eigenvalue weighted by Crippen LogP contribution is 2.25. The van der Waals surface area contributed by atoms with Crippen LogP contribution in [0.15, 0.2) is 59.3 Å². The lowest BCUT2D eigenvalue weighted by Crippen LogP contribution is -2.02. The van der Waals surface area contributed by atoms with Crippen molar-refractivity contribution in [3.05, 3.63) is 59.3 Å². The lowest BCUT2D eigenvalue weighted by molar-refractivity contribution is -0.132. The summed E-state index contributed by atoms with van der Waals surface area (Å²) in [5.41, 5.74) is 2.39. The molecule has 2 rings (SSSR count). The molecule has 0 unspecified atom stereocenters. The first-order valence-corrected chi connectivity index (χ1v) is 4.46. The topological polar surface area (TPSA) is 37.3 Å². The molecular formula is C12H10O2. The Hall–Kier alpha value is -1.83. The van der Waals surface area contributed by atoms with Crippen LogP contribution in [0.1, 0.15) is 6.42 Å². The zero-order chi connectivity index (χ0) is 9.97. The van der Waals surface area contributed by atoms with Crippen LogP contribution < -0.4 is 0 Å². The van der Waals surface area contributed by atoms with Crippen molar-refractivity contribution in [2.45, 2.75) is 6.42 Å². The van der Waals surface area contributed by atoms with Crippen LogP contribution in [0.2, 0.25) is 0 Å². The van der Waals surface area contributed by atoms with E-state index in [9.17, 15) is 4.79 Å². The summed E-state index contributed by atoms with van der Waals surface area (Å²) in [6, 6.07) is 0. The molecule has 0 aromatic heterocycles. The van der Waals surface area contributed by atoms with Crippen LogP contribution in [0.5, 0.6) is 0 Å². The van der Waals surface area contributed by atoms with Crippen LogP contribution in [-0.2, 0) is 4.79 Å². The summed E-state index contributed by atoms with van der Waals surface area (Å²) in [5, 5.41) is 8.98. The Morgan fingerprint density at radius 1 is 1.14 bits per heavy atom. The Kier molecular flexibility index (Phi) is 2.19. The molecule has 0 saturated carbocycles. The highest BCUT2D eigenvalue weighted by Gasteiger charge is 2.15. The number of carbonyl (C=O) groups is 1. The van der Waals surface area contributed by atoms with Crippen LogP contribution in [-0.4, -0.2) is 11.1 Å². The second kappa shape index (κ2) is 3.50. The number of fused-ring (bicyclic) bond motifs is 2. The Labute approximate surface area is 82.2 Å². The number of carboxylic acids is 1. The van der Waals surface area contributed by atoms with Crippen molar-refractivity contribution in [1.29, 1.82) is 0 Å². The average Bonchev–Trinajstić information content (AvgIpc) is 2.48. The third-order valence-corrected chi connectivity index (χ3v) is 2.26. The summed E-state index contributed by atoms with van der Waals surface area (Å²) in [7, 11) is 0. The van der Waals surface area contributed by atoms with Gasteiger partial charge in [0.2, 0.25) is 0 Å². The largest absolute Gasteiger partial charge is 0.478 e. The number of carboxylic acid groups (broad SMARTS) is 1. The first-order chi connectivity index (χ1) is 6.77. The molecule has 2 bridgehead atoms. The quantitative estimate of drug-likeness (QED) is 0.682. The maximum atomic E-state index is 10.9. The van der Waals surface area contributed by atoms with Gasteiger partial charge in [0.15, 0.2) is 0 Å². The summed E-state index contributed by atoms with van der Waals surface area (Å²) in [5.74, 6) is -0.863. The van der Waals surface area contributed by atoms with Gasteiger partial charge in [0.05, 0.1) is 5.57 Å². The molecular weight excluding hydrogens is 176 g/mol. The van der Waals surface area contributed by atoms with Crippen molar-refractivity contribution in [2.75, 3.05) is 0 Å². The molecule has 0 saturated heterocycles. The van der Waals surface area contributed by atoms with E-state index >= 15 is 0 Å². The van der Waals surface area contributed by atoms with Crippen molar-refractivity contribution < 1.29 is 9.90 Å². The minimum Gasteiger partial charge on any atom is -0.478 e. The van der Waals surface area contributed by atoms with Crippen LogP contribution in [0.3, 0.4) is 0 Å². The fourth-order valence-corrected chi connectivity index (χ4v) is 1.57. The standard InChI is InChI=1S/C12H10O2/c13-12(14)11-7-3-5-9-4-1-2-6-10(11)8-9/h1-7H,8H2,(H,13,14). The zero-order valence-electron chi connectivity index (χ0n) is 7.60. The van der Waals surface area contributed by atoms with Gasteiger partial charge in [-0.3, -0.25) is 0 Å². The highest BCUT2D eigenvalue weighted by atomic mass is 16.4. The zero-order valence-corrected chi connectivity index (χ0v) is 7.60. The summed E-state index contributed by atoms with van der Waals surface area (Å²) < 4.78 is 0. The molecule has 2 aliphatic rings. The van der Waals surface area contributed by atoms with Gasteiger partial charge >= 0.3 is 5.97 Å². The van der Waals surface area contributed by atoms with Gasteiger partial charge in [-0.2, -0.15) is 0 Å². The molecule has 2 heteroatoms. The maximum Gasteiger partial charge on any atom is 0.335 e. The molecule has 0 fully saturated rings. The number of hydrogen-bond donors (Lipinski definition) is 1. The normalized spacial score (nSPS) is 19.0. The molecule has 0 spiro atoms. The molecule has 0 aromatic carbocycles. The molecule has 0 amide bonds. The maximum absolute atomic E-state index is 10.9. The van der Waals surface area contributed by atoms with Gasteiger partial charge < -0.3 is 5.11 Å². The fourth-order valence-electron chi connectivity index (χ4n) is 1.57. The average molecular weight is 186 g/mol. The van der Waals surface area contributed by atoms with Crippen LogP contribution >= 0.6 is 0 Å². The van der Waals surface area contributed by atoms with Crippen molar-refractivity contribution in [2.24, 2.45) is 0 Å². The van der Waals surface area contributed by atoms with Gasteiger partial charge in [0.25, 0.3) is 0 Å². The van der Waals surface area contributed by atoms with Gasteiger partial charge in [-0.1, -0.05) is 36.5 Å². The highest BCUT2D eigenvalue weighted by molar-refractivity contribution is 5.92. The predicted molar refractivity (Wildman–Crippen MR) is 54.8 cm³/mol. The Balaban J connectivity index is 2.48. The van der Waals surface area contributed by atoms with E-state index in [1.807, 2.05) is 30.4 Å². The lowest BCUT2D eigenvalue weighted by atomic mass is 10.0. The Morgan fingerprint density at radius 3 is 2.71 bits per heavy atom. The number of hydrogen-bond acceptors (Lipinski definition) is 1. The van der Waals surface area contributed by atoms with Crippen LogP contribution in [0, 0.1) is 0 Å². The van der Waals surface area contributed by atoms with E-state index in [1.54, 1.807) is 12.2 Å². The molecule has 14 heavy (non-hydrogen) atoms. The third-order valence-electron chi connectivity index (χ3n) is 2.26. The van der Waals surface area contributed by atoms with E-state index in [-0.39, 0.29) is 0 Å². The monoisotopic (exact) mass is 186 g/mol. The fraction of sp³-hybridized carbons (Fsp3) is 0.0833. The molecule has 0 heterocycles. The van der Waals surface area contributed by atoms with Crippen molar-refractivity contribution in [1.82, 2.24) is 0 Å². The molecule has 2 aliphatic carbocycles. The molecule has 70 valence electrons. The lowest BCUT2D eigenvalue weighted by Gasteiger charge is -2.04. The predicted octanol–water partition coefficient (Wildman–Crippen LogP) is 2.38. The van der Waals surface area contributed by atoms with Crippen LogP contribution in [0.4, 0.5) is 0 Å². The van der Waals surface area contributed by atoms with E-state index < -0.39 is 5.97 Å². The molecule has 2 nitrogen and oxygen atoms in total. The SMILES string of the molecule is O=C(O)C1=CC=CC2=CC=CC=C1C2. The van der Waals surface area contributed by atoms with Gasteiger partial charge in [0, 0.05) is 0 Å². The molecule has 0 atom stereocenters. The van der Waals surface area contributed by atoms with E-state index in [0.717, 1.165) is 11.1 Å². The van der Waals surface area contributed by atoms with Gasteiger partial charge in [-0.05, 0) is 23.6 Å². The molecule has 0 aromatic rings.